The topological polar surface area (TPSA) is 257 Å². The number of carboxylic acids is 1. The van der Waals surface area contributed by atoms with Crippen molar-refractivity contribution < 1.29 is 24.3 Å². The summed E-state index contributed by atoms with van der Waals surface area (Å²) < 4.78 is 0. The van der Waals surface area contributed by atoms with E-state index in [1.807, 2.05) is 66.7 Å². The van der Waals surface area contributed by atoms with Gasteiger partial charge in [-0.3, -0.25) is 19.4 Å². The van der Waals surface area contributed by atoms with E-state index in [2.05, 4.69) is 25.9 Å². The van der Waals surface area contributed by atoms with Crippen LogP contribution in [0.4, 0.5) is 0 Å². The fraction of sp³-hybridized carbons (Fsp3) is 0.361. The minimum absolute atomic E-state index is 0.0485. The van der Waals surface area contributed by atoms with Gasteiger partial charge in [-0.05, 0) is 73.0 Å². The number of hydrogen-bond donors (Lipinski definition) is 9. The highest BCUT2D eigenvalue weighted by Gasteiger charge is 2.31. The predicted molar refractivity (Wildman–Crippen MR) is 194 cm³/mol. The molecule has 14 nitrogen and oxygen atoms in total. The van der Waals surface area contributed by atoms with Gasteiger partial charge in [0, 0.05) is 30.1 Å². The molecule has 14 heteroatoms. The lowest BCUT2D eigenvalue weighted by Crippen LogP contribution is -2.57. The van der Waals surface area contributed by atoms with Gasteiger partial charge in [0.2, 0.25) is 17.7 Å². The van der Waals surface area contributed by atoms with Crippen molar-refractivity contribution in [3.63, 3.8) is 0 Å². The third-order valence-corrected chi connectivity index (χ3v) is 8.48. The van der Waals surface area contributed by atoms with Crippen molar-refractivity contribution in [2.24, 2.45) is 27.9 Å². The number of benzene rings is 3. The summed E-state index contributed by atoms with van der Waals surface area (Å²) in [7, 11) is 0. The summed E-state index contributed by atoms with van der Waals surface area (Å²) in [6.07, 6.45) is 3.75. The number of amides is 3. The van der Waals surface area contributed by atoms with Crippen LogP contribution in [0.1, 0.15) is 43.2 Å². The number of aromatic amines is 1. The maximum atomic E-state index is 13.9. The van der Waals surface area contributed by atoms with E-state index in [0.717, 1.165) is 32.8 Å². The van der Waals surface area contributed by atoms with Crippen LogP contribution >= 0.6 is 0 Å². The normalized spacial score (nSPS) is 13.6. The van der Waals surface area contributed by atoms with Gasteiger partial charge >= 0.3 is 5.97 Å². The van der Waals surface area contributed by atoms with E-state index in [1.165, 1.54) is 0 Å². The lowest BCUT2D eigenvalue weighted by atomic mass is 10.0. The number of nitrogens with one attached hydrogen (secondary N) is 4. The second-order valence-electron chi connectivity index (χ2n) is 12.3. The number of unbranched alkanes of at least 4 members (excludes halogenated alkanes) is 1. The molecule has 0 aliphatic rings. The lowest BCUT2D eigenvalue weighted by Gasteiger charge is -2.25. The molecular weight excluding hydrogens is 638 g/mol. The largest absolute Gasteiger partial charge is 0.480 e. The van der Waals surface area contributed by atoms with Gasteiger partial charge < -0.3 is 49.0 Å². The van der Waals surface area contributed by atoms with E-state index in [0.29, 0.717) is 25.8 Å². The number of carboxylic acid groups (broad SMARTS) is 1. The van der Waals surface area contributed by atoms with Crippen molar-refractivity contribution in [2.75, 3.05) is 13.1 Å². The molecule has 0 saturated carbocycles. The molecule has 50 heavy (non-hydrogen) atoms. The number of aliphatic imine (C=N–C) groups is 1. The average Bonchev–Trinajstić information content (AvgIpc) is 3.51. The number of guanidine groups is 1. The van der Waals surface area contributed by atoms with Gasteiger partial charge in [-0.1, -0.05) is 60.7 Å². The molecule has 0 unspecified atom stereocenters. The number of nitrogens with zero attached hydrogens (tertiary/aromatic N) is 1. The van der Waals surface area contributed by atoms with Gasteiger partial charge in [0.1, 0.15) is 18.1 Å². The van der Waals surface area contributed by atoms with Crippen LogP contribution in [0.3, 0.4) is 0 Å². The summed E-state index contributed by atoms with van der Waals surface area (Å²) in [5.74, 6) is -3.18. The zero-order chi connectivity index (χ0) is 36.0. The Kier molecular flexibility index (Phi) is 13.7. The van der Waals surface area contributed by atoms with Gasteiger partial charge in [-0.2, -0.15) is 0 Å². The third-order valence-electron chi connectivity index (χ3n) is 8.48. The Bertz CT molecular complexity index is 1800. The fourth-order valence-corrected chi connectivity index (χ4v) is 5.79. The summed E-state index contributed by atoms with van der Waals surface area (Å²) in [5.41, 5.74) is 25.3. The van der Waals surface area contributed by atoms with Crippen LogP contribution in [-0.2, 0) is 32.0 Å². The Balaban J connectivity index is 1.53. The highest BCUT2D eigenvalue weighted by atomic mass is 16.4. The van der Waals surface area contributed by atoms with Crippen LogP contribution in [-0.4, -0.2) is 77.0 Å². The molecule has 1 aromatic heterocycles. The molecule has 0 bridgehead atoms. The Morgan fingerprint density at radius 2 is 1.42 bits per heavy atom. The van der Waals surface area contributed by atoms with E-state index in [-0.39, 0.29) is 38.2 Å². The molecule has 4 rings (SSSR count). The molecule has 0 aliphatic heterocycles. The quantitative estimate of drug-likeness (QED) is 0.0389. The summed E-state index contributed by atoms with van der Waals surface area (Å²) >= 11 is 0. The standard InChI is InChI=1S/C36H47N9O5/c37-16-6-5-12-30(35(49)50)44-34(48)31(20-25-21-42-28-11-4-3-10-26(25)28)45-33(47)29(13-7-17-41-36(39)40)43-32(46)27(38)19-22-14-15-23-8-1-2-9-24(23)18-22/h1-4,8-11,14-15,18,21,27,29-31,42H,5-7,12-13,16-17,19-20,37-38H2,(H,43,46)(H,44,48)(H,45,47)(H,49,50)(H4,39,40,41)/t27-,29+,30+,31+/m1/s1. The lowest BCUT2D eigenvalue weighted by molar-refractivity contribution is -0.142. The first-order valence-electron chi connectivity index (χ1n) is 16.7. The Morgan fingerprint density at radius 1 is 0.760 bits per heavy atom. The highest BCUT2D eigenvalue weighted by Crippen LogP contribution is 2.20. The van der Waals surface area contributed by atoms with Crippen LogP contribution in [0.2, 0.25) is 0 Å². The second-order valence-corrected chi connectivity index (χ2v) is 12.3. The molecule has 13 N–H and O–H groups in total. The van der Waals surface area contributed by atoms with Crippen molar-refractivity contribution in [1.82, 2.24) is 20.9 Å². The molecular formula is C36H47N9O5. The number of rotatable bonds is 19. The molecule has 3 amide bonds. The monoisotopic (exact) mass is 685 g/mol. The van der Waals surface area contributed by atoms with Gasteiger partial charge in [0.15, 0.2) is 5.96 Å². The van der Waals surface area contributed by atoms with Gasteiger partial charge in [0.25, 0.3) is 0 Å². The zero-order valence-electron chi connectivity index (χ0n) is 27.9. The number of hydrogen-bond acceptors (Lipinski definition) is 7. The molecule has 266 valence electrons. The Labute approximate surface area is 290 Å². The first kappa shape index (κ1) is 37.4. The molecule has 0 radical (unpaired) electrons. The maximum absolute atomic E-state index is 13.9. The van der Waals surface area contributed by atoms with Gasteiger partial charge in [-0.15, -0.1) is 0 Å². The van der Waals surface area contributed by atoms with E-state index < -0.39 is 47.9 Å². The number of H-pyrrole nitrogens is 1. The molecule has 0 saturated heterocycles. The first-order chi connectivity index (χ1) is 24.0. The van der Waals surface area contributed by atoms with Crippen LogP contribution < -0.4 is 38.9 Å². The summed E-state index contributed by atoms with van der Waals surface area (Å²) in [6.45, 7) is 0.592. The number of carbonyl (C=O) groups is 4. The molecule has 0 aliphatic carbocycles. The third kappa shape index (κ3) is 10.8. The second kappa shape index (κ2) is 18.3. The number of para-hydroxylation sites is 1. The Morgan fingerprint density at radius 3 is 2.16 bits per heavy atom. The van der Waals surface area contributed by atoms with Crippen molar-refractivity contribution in [2.45, 2.75) is 69.1 Å². The fourth-order valence-electron chi connectivity index (χ4n) is 5.79. The summed E-state index contributed by atoms with van der Waals surface area (Å²) in [4.78, 5) is 60.1. The minimum Gasteiger partial charge on any atom is -0.480 e. The van der Waals surface area contributed by atoms with E-state index >= 15 is 0 Å². The zero-order valence-corrected chi connectivity index (χ0v) is 27.9. The van der Waals surface area contributed by atoms with Crippen molar-refractivity contribution >= 4 is 51.3 Å². The van der Waals surface area contributed by atoms with Crippen molar-refractivity contribution in [3.8, 4) is 0 Å². The smallest absolute Gasteiger partial charge is 0.326 e. The molecule has 0 fully saturated rings. The Hall–Kier alpha value is -5.47. The van der Waals surface area contributed by atoms with Crippen molar-refractivity contribution in [1.29, 1.82) is 0 Å². The van der Waals surface area contributed by atoms with E-state index in [1.54, 1.807) is 6.20 Å². The van der Waals surface area contributed by atoms with Crippen LogP contribution in [0, 0.1) is 0 Å². The van der Waals surface area contributed by atoms with Crippen LogP contribution in [0.15, 0.2) is 77.9 Å². The van der Waals surface area contributed by atoms with Crippen LogP contribution in [0.25, 0.3) is 21.7 Å². The number of nitrogens with two attached hydrogens (primary N) is 4. The number of fused-ring (bicyclic) bond motifs is 2. The first-order valence-corrected chi connectivity index (χ1v) is 16.7. The average molecular weight is 686 g/mol. The van der Waals surface area contributed by atoms with E-state index in [4.69, 9.17) is 22.9 Å². The molecule has 4 aromatic rings. The molecule has 0 spiro atoms. The minimum atomic E-state index is -1.20. The number of carbonyl (C=O) groups excluding carboxylic acids is 3. The summed E-state index contributed by atoms with van der Waals surface area (Å²) in [5, 5.41) is 20.9. The SMILES string of the molecule is NCCCC[C@H](NC(=O)[C@H](Cc1c[nH]c2ccccc12)NC(=O)[C@H](CCCN=C(N)N)NC(=O)[C@H](N)Cc1ccc2ccccc2c1)C(=O)O. The maximum Gasteiger partial charge on any atom is 0.326 e. The molecule has 4 atom stereocenters. The number of aliphatic carboxylic acids is 1. The van der Waals surface area contributed by atoms with E-state index in [9.17, 15) is 24.3 Å². The molecule has 1 heterocycles. The van der Waals surface area contributed by atoms with Gasteiger partial charge in [0.05, 0.1) is 6.04 Å². The van der Waals surface area contributed by atoms with Crippen LogP contribution in [0.5, 0.6) is 0 Å². The van der Waals surface area contributed by atoms with Gasteiger partial charge in [-0.25, -0.2) is 4.79 Å². The predicted octanol–water partition coefficient (Wildman–Crippen LogP) is 1.16. The van der Waals surface area contributed by atoms with Crippen molar-refractivity contribution in [3.05, 3.63) is 84.1 Å². The molecule has 3 aromatic carbocycles. The number of aromatic nitrogens is 1. The summed E-state index contributed by atoms with van der Waals surface area (Å²) in [6, 6.07) is 16.7. The highest BCUT2D eigenvalue weighted by molar-refractivity contribution is 5.95.